The topological polar surface area (TPSA) is 42.2 Å². The second-order valence-corrected chi connectivity index (χ2v) is 5.83. The third-order valence-electron chi connectivity index (χ3n) is 4.76. The number of hydrogen-bond donors (Lipinski definition) is 0. The van der Waals surface area contributed by atoms with Gasteiger partial charge in [-0.3, -0.25) is 0 Å². The van der Waals surface area contributed by atoms with Crippen LogP contribution in [0.25, 0.3) is 0 Å². The summed E-state index contributed by atoms with van der Waals surface area (Å²) in [6, 6.07) is 8.29. The van der Waals surface area contributed by atoms with Crippen molar-refractivity contribution >= 4 is 0 Å². The quantitative estimate of drug-likeness (QED) is 0.840. The maximum Gasteiger partial charge on any atom is 0.160 e. The van der Waals surface area contributed by atoms with Crippen LogP contribution in [0.3, 0.4) is 0 Å². The minimum atomic E-state index is 0.705. The fraction of sp³-hybridized carbons (Fsp3) is 0.350. The Morgan fingerprint density at radius 1 is 0.870 bits per heavy atom. The number of hydrogen-bond acceptors (Lipinski definition) is 3. The molecule has 0 aliphatic rings. The van der Waals surface area contributed by atoms with Crippen LogP contribution in [0.4, 0.5) is 0 Å². The van der Waals surface area contributed by atoms with Gasteiger partial charge in [-0.25, -0.2) is 0 Å². The molecule has 0 bridgehead atoms. The summed E-state index contributed by atoms with van der Waals surface area (Å²) in [6.45, 7) is 8.33. The lowest BCUT2D eigenvalue weighted by atomic mass is 9.86. The Labute approximate surface area is 138 Å². The van der Waals surface area contributed by atoms with Gasteiger partial charge in [0.1, 0.15) is 0 Å². The first-order valence-corrected chi connectivity index (χ1v) is 7.64. The molecule has 2 rings (SSSR count). The van der Waals surface area contributed by atoms with Crippen LogP contribution in [-0.2, 0) is 6.42 Å². The summed E-state index contributed by atoms with van der Waals surface area (Å²) in [7, 11) is 3.26. The van der Waals surface area contributed by atoms with Crippen molar-refractivity contribution < 1.29 is 9.47 Å². The Hall–Kier alpha value is -2.47. The molecule has 23 heavy (non-hydrogen) atoms. The van der Waals surface area contributed by atoms with E-state index in [0.717, 1.165) is 22.3 Å². The predicted molar refractivity (Wildman–Crippen MR) is 92.5 cm³/mol. The van der Waals surface area contributed by atoms with Gasteiger partial charge in [0.2, 0.25) is 0 Å². The largest absolute Gasteiger partial charge is 0.493 e. The van der Waals surface area contributed by atoms with Gasteiger partial charge >= 0.3 is 0 Å². The molecule has 0 amide bonds. The van der Waals surface area contributed by atoms with Crippen LogP contribution in [0.15, 0.2) is 18.2 Å². The highest BCUT2D eigenvalue weighted by atomic mass is 16.5. The normalized spacial score (nSPS) is 10.3. The zero-order chi connectivity index (χ0) is 17.1. The molecule has 0 saturated carbocycles. The fourth-order valence-corrected chi connectivity index (χ4v) is 2.96. The van der Waals surface area contributed by atoms with Crippen LogP contribution in [0, 0.1) is 39.0 Å². The molecule has 0 radical (unpaired) electrons. The number of ether oxygens (including phenoxy) is 2. The highest BCUT2D eigenvalue weighted by Crippen LogP contribution is 2.31. The molecule has 3 heteroatoms. The molecule has 0 unspecified atom stereocenters. The van der Waals surface area contributed by atoms with E-state index >= 15 is 0 Å². The molecule has 0 N–H and O–H groups in total. The molecule has 0 spiro atoms. The van der Waals surface area contributed by atoms with Crippen LogP contribution >= 0.6 is 0 Å². The molecule has 3 nitrogen and oxygen atoms in total. The Kier molecular flexibility index (Phi) is 4.95. The zero-order valence-electron chi connectivity index (χ0n) is 14.7. The van der Waals surface area contributed by atoms with Gasteiger partial charge in [-0.05, 0) is 79.6 Å². The van der Waals surface area contributed by atoms with Gasteiger partial charge < -0.3 is 9.47 Å². The van der Waals surface area contributed by atoms with Crippen molar-refractivity contribution in [1.29, 1.82) is 5.26 Å². The Morgan fingerprint density at radius 3 is 2.04 bits per heavy atom. The molecule has 0 atom stereocenters. The Morgan fingerprint density at radius 2 is 1.48 bits per heavy atom. The highest BCUT2D eigenvalue weighted by molar-refractivity contribution is 5.57. The summed E-state index contributed by atoms with van der Waals surface area (Å²) in [6.07, 6.45) is 0.705. The van der Waals surface area contributed by atoms with Crippen molar-refractivity contribution in [3.63, 3.8) is 0 Å². The number of nitrogens with zero attached hydrogens (tertiary/aromatic N) is 1. The van der Waals surface area contributed by atoms with Crippen LogP contribution in [0.2, 0.25) is 0 Å². The highest BCUT2D eigenvalue weighted by Gasteiger charge is 2.16. The lowest BCUT2D eigenvalue weighted by molar-refractivity contribution is 0.354. The number of rotatable bonds is 4. The third-order valence-corrected chi connectivity index (χ3v) is 4.76. The number of nitriles is 1. The van der Waals surface area contributed by atoms with Gasteiger partial charge in [0.05, 0.1) is 25.9 Å². The van der Waals surface area contributed by atoms with Crippen LogP contribution in [0.1, 0.15) is 38.9 Å². The predicted octanol–water partition coefficient (Wildman–Crippen LogP) is 4.40. The molecule has 0 heterocycles. The van der Waals surface area contributed by atoms with E-state index in [2.05, 4.69) is 26.8 Å². The van der Waals surface area contributed by atoms with Crippen molar-refractivity contribution in [3.8, 4) is 17.6 Å². The summed E-state index contributed by atoms with van der Waals surface area (Å²) in [4.78, 5) is 0. The number of methoxy groups -OCH3 is 2. The van der Waals surface area contributed by atoms with Crippen molar-refractivity contribution in [2.45, 2.75) is 34.1 Å². The van der Waals surface area contributed by atoms with Crippen LogP contribution in [0.5, 0.6) is 11.5 Å². The minimum absolute atomic E-state index is 0.705. The van der Waals surface area contributed by atoms with E-state index < -0.39 is 0 Å². The molecular weight excluding hydrogens is 286 g/mol. The van der Waals surface area contributed by atoms with Gasteiger partial charge in [0.25, 0.3) is 0 Å². The van der Waals surface area contributed by atoms with Crippen LogP contribution in [-0.4, -0.2) is 14.2 Å². The van der Waals surface area contributed by atoms with Crippen molar-refractivity contribution in [1.82, 2.24) is 0 Å². The Bertz CT molecular complexity index is 785. The number of benzene rings is 2. The Balaban J connectivity index is 2.55. The van der Waals surface area contributed by atoms with E-state index in [1.807, 2.05) is 25.1 Å². The smallest absolute Gasteiger partial charge is 0.160 e. The van der Waals surface area contributed by atoms with Crippen LogP contribution < -0.4 is 9.47 Å². The summed E-state index contributed by atoms with van der Waals surface area (Å²) in [5, 5.41) is 9.61. The van der Waals surface area contributed by atoms with Crippen molar-refractivity contribution in [2.75, 3.05) is 14.2 Å². The van der Waals surface area contributed by atoms with E-state index in [1.165, 1.54) is 16.7 Å². The molecule has 0 aromatic heterocycles. The van der Waals surface area contributed by atoms with Crippen molar-refractivity contribution in [2.24, 2.45) is 0 Å². The van der Waals surface area contributed by atoms with E-state index in [9.17, 15) is 5.26 Å². The first-order chi connectivity index (χ1) is 10.9. The van der Waals surface area contributed by atoms with Crippen molar-refractivity contribution in [3.05, 3.63) is 57.1 Å². The molecule has 120 valence electrons. The third kappa shape index (κ3) is 3.03. The summed E-state index contributed by atoms with van der Waals surface area (Å²) in [5.41, 5.74) is 7.73. The summed E-state index contributed by atoms with van der Waals surface area (Å²) >= 11 is 0. The molecule has 2 aromatic carbocycles. The maximum absolute atomic E-state index is 9.61. The van der Waals surface area contributed by atoms with E-state index in [4.69, 9.17) is 9.47 Å². The van der Waals surface area contributed by atoms with E-state index in [0.29, 0.717) is 17.9 Å². The fourth-order valence-electron chi connectivity index (χ4n) is 2.96. The van der Waals surface area contributed by atoms with Gasteiger partial charge in [-0.15, -0.1) is 0 Å². The van der Waals surface area contributed by atoms with Gasteiger partial charge in [-0.2, -0.15) is 5.26 Å². The maximum atomic E-state index is 9.61. The average molecular weight is 309 g/mol. The summed E-state index contributed by atoms with van der Waals surface area (Å²) < 4.78 is 10.7. The zero-order valence-corrected chi connectivity index (χ0v) is 14.7. The van der Waals surface area contributed by atoms with Gasteiger partial charge in [0.15, 0.2) is 11.5 Å². The average Bonchev–Trinajstić information content (AvgIpc) is 2.57. The van der Waals surface area contributed by atoms with Gasteiger partial charge in [-0.1, -0.05) is 6.07 Å². The first kappa shape index (κ1) is 16.9. The van der Waals surface area contributed by atoms with E-state index in [1.54, 1.807) is 14.2 Å². The minimum Gasteiger partial charge on any atom is -0.493 e. The monoisotopic (exact) mass is 309 g/mol. The lowest BCUT2D eigenvalue weighted by Gasteiger charge is -2.18. The first-order valence-electron chi connectivity index (χ1n) is 7.64. The SMILES string of the molecule is COc1ccc(Cc2c(C)c(C)c(C)c(C)c2C#N)cc1OC. The molecule has 0 fully saturated rings. The summed E-state index contributed by atoms with van der Waals surface area (Å²) in [5.74, 6) is 1.42. The molecule has 2 aromatic rings. The lowest BCUT2D eigenvalue weighted by Crippen LogP contribution is -2.04. The molecule has 0 saturated heterocycles. The second-order valence-electron chi connectivity index (χ2n) is 5.83. The standard InChI is InChI=1S/C20H23NO2/c1-12-13(2)15(4)18(11-21)17(14(12)3)9-16-7-8-19(22-5)20(10-16)23-6/h7-8,10H,9H2,1-6H3. The molecule has 0 aliphatic carbocycles. The molecular formula is C20H23NO2. The van der Waals surface area contributed by atoms with Gasteiger partial charge in [0, 0.05) is 0 Å². The second kappa shape index (κ2) is 6.75. The molecule has 0 aliphatic heterocycles. The van der Waals surface area contributed by atoms with E-state index in [-0.39, 0.29) is 0 Å².